The van der Waals surface area contributed by atoms with Crippen LogP contribution >= 0.6 is 34.2 Å². The van der Waals surface area contributed by atoms with Gasteiger partial charge in [0, 0.05) is 12.6 Å². The maximum absolute atomic E-state index is 13.6. The average Bonchev–Trinajstić information content (AvgIpc) is 2.57. The number of nitrogens with zero attached hydrogens (tertiary/aromatic N) is 2. The Labute approximate surface area is 118 Å². The Kier molecular flexibility index (Phi) is 3.92. The molecule has 0 unspecified atom stereocenters. The fourth-order valence-corrected chi connectivity index (χ4v) is 2.50. The highest BCUT2D eigenvalue weighted by Gasteiger charge is 2.13. The highest BCUT2D eigenvalue weighted by atomic mass is 127. The van der Waals surface area contributed by atoms with Crippen molar-refractivity contribution in [3.05, 3.63) is 27.3 Å². The third kappa shape index (κ3) is 2.57. The van der Waals surface area contributed by atoms with Gasteiger partial charge in [0.25, 0.3) is 0 Å². The first-order chi connectivity index (χ1) is 8.02. The van der Waals surface area contributed by atoms with Gasteiger partial charge in [-0.3, -0.25) is 0 Å². The van der Waals surface area contributed by atoms with Crippen molar-refractivity contribution < 1.29 is 4.39 Å². The van der Waals surface area contributed by atoms with E-state index in [1.54, 1.807) is 12.1 Å². The van der Waals surface area contributed by atoms with Crippen LogP contribution in [0.2, 0.25) is 0 Å². The number of hydrogen-bond acceptors (Lipinski definition) is 1. The zero-order valence-electron chi connectivity index (χ0n) is 9.67. The minimum Gasteiger partial charge on any atom is -0.327 e. The Hall–Kier alpha value is -0.360. The van der Waals surface area contributed by atoms with Gasteiger partial charge in [0.15, 0.2) is 0 Å². The van der Waals surface area contributed by atoms with E-state index in [0.717, 1.165) is 23.4 Å². The first-order valence-corrected chi connectivity index (χ1v) is 7.04. The van der Waals surface area contributed by atoms with Crippen LogP contribution in [-0.2, 0) is 12.4 Å². The van der Waals surface area contributed by atoms with E-state index < -0.39 is 0 Å². The Morgan fingerprint density at radius 3 is 2.76 bits per heavy atom. The second kappa shape index (κ2) is 5.10. The highest BCUT2D eigenvalue weighted by molar-refractivity contribution is 14.1. The predicted octanol–water partition coefficient (Wildman–Crippen LogP) is 4.17. The van der Waals surface area contributed by atoms with Gasteiger partial charge in [-0.25, -0.2) is 9.37 Å². The SMILES string of the molecule is CC(C)Cn1c(CCl)nc2cc(I)c(F)cc21. The van der Waals surface area contributed by atoms with E-state index in [9.17, 15) is 4.39 Å². The third-order valence-electron chi connectivity index (χ3n) is 2.54. The van der Waals surface area contributed by atoms with E-state index in [1.807, 2.05) is 27.2 Å². The summed E-state index contributed by atoms with van der Waals surface area (Å²) < 4.78 is 16.2. The Balaban J connectivity index is 2.65. The third-order valence-corrected chi connectivity index (χ3v) is 3.60. The van der Waals surface area contributed by atoms with E-state index >= 15 is 0 Å². The van der Waals surface area contributed by atoms with Crippen LogP contribution in [0.25, 0.3) is 11.0 Å². The summed E-state index contributed by atoms with van der Waals surface area (Å²) in [5.74, 6) is 1.41. The van der Waals surface area contributed by atoms with E-state index in [2.05, 4.69) is 18.8 Å². The molecule has 1 aromatic heterocycles. The molecule has 2 nitrogen and oxygen atoms in total. The molecular formula is C12H13ClFIN2. The van der Waals surface area contributed by atoms with Crippen LogP contribution < -0.4 is 0 Å². The van der Waals surface area contributed by atoms with E-state index in [-0.39, 0.29) is 5.82 Å². The van der Waals surface area contributed by atoms with Gasteiger partial charge < -0.3 is 4.57 Å². The Morgan fingerprint density at radius 1 is 1.47 bits per heavy atom. The Morgan fingerprint density at radius 2 is 2.18 bits per heavy atom. The van der Waals surface area contributed by atoms with Crippen LogP contribution in [0.5, 0.6) is 0 Å². The molecule has 0 aliphatic carbocycles. The standard InChI is InChI=1S/C12H13ClFIN2/c1-7(2)6-17-11-3-8(14)9(15)4-10(11)16-12(17)5-13/h3-4,7H,5-6H2,1-2H3. The van der Waals surface area contributed by atoms with Crippen molar-refractivity contribution in [3.8, 4) is 0 Å². The predicted molar refractivity (Wildman–Crippen MR) is 76.8 cm³/mol. The first-order valence-electron chi connectivity index (χ1n) is 5.43. The lowest BCUT2D eigenvalue weighted by Gasteiger charge is -2.10. The number of rotatable bonds is 3. The van der Waals surface area contributed by atoms with E-state index in [4.69, 9.17) is 11.6 Å². The molecule has 1 aromatic carbocycles. The molecule has 1 heterocycles. The summed E-state index contributed by atoms with van der Waals surface area (Å²) in [6.45, 7) is 5.04. The molecule has 0 radical (unpaired) electrons. The van der Waals surface area contributed by atoms with Gasteiger partial charge in [0.2, 0.25) is 0 Å². The molecule has 92 valence electrons. The van der Waals surface area contributed by atoms with Crippen molar-refractivity contribution in [1.29, 1.82) is 0 Å². The minimum atomic E-state index is -0.205. The lowest BCUT2D eigenvalue weighted by molar-refractivity contribution is 0.521. The summed E-state index contributed by atoms with van der Waals surface area (Å²) >= 11 is 7.86. The number of benzene rings is 1. The summed E-state index contributed by atoms with van der Waals surface area (Å²) in [6.07, 6.45) is 0. The molecule has 2 aromatic rings. The molecule has 0 spiro atoms. The topological polar surface area (TPSA) is 17.8 Å². The van der Waals surface area contributed by atoms with Gasteiger partial charge >= 0.3 is 0 Å². The molecule has 0 amide bonds. The molecule has 0 atom stereocenters. The van der Waals surface area contributed by atoms with Crippen molar-refractivity contribution in [2.45, 2.75) is 26.3 Å². The lowest BCUT2D eigenvalue weighted by Crippen LogP contribution is -2.07. The second-order valence-electron chi connectivity index (χ2n) is 4.42. The van der Waals surface area contributed by atoms with Crippen molar-refractivity contribution in [2.75, 3.05) is 0 Å². The monoisotopic (exact) mass is 366 g/mol. The second-order valence-corrected chi connectivity index (χ2v) is 5.85. The summed E-state index contributed by atoms with van der Waals surface area (Å²) in [7, 11) is 0. The van der Waals surface area contributed by atoms with Crippen molar-refractivity contribution in [3.63, 3.8) is 0 Å². The van der Waals surface area contributed by atoms with Gasteiger partial charge in [0.05, 0.1) is 20.5 Å². The maximum Gasteiger partial charge on any atom is 0.138 e. The van der Waals surface area contributed by atoms with Crippen LogP contribution in [0.3, 0.4) is 0 Å². The maximum atomic E-state index is 13.6. The number of alkyl halides is 1. The molecule has 0 bridgehead atoms. The average molecular weight is 367 g/mol. The van der Waals surface area contributed by atoms with E-state index in [1.165, 1.54) is 0 Å². The summed E-state index contributed by atoms with van der Waals surface area (Å²) in [4.78, 5) is 4.45. The fourth-order valence-electron chi connectivity index (χ4n) is 1.84. The summed E-state index contributed by atoms with van der Waals surface area (Å²) in [6, 6.07) is 3.31. The van der Waals surface area contributed by atoms with Gasteiger partial charge in [0.1, 0.15) is 11.6 Å². The molecule has 0 aliphatic rings. The largest absolute Gasteiger partial charge is 0.327 e. The number of aromatic nitrogens is 2. The number of imidazole rings is 1. The molecular weight excluding hydrogens is 354 g/mol. The van der Waals surface area contributed by atoms with Crippen LogP contribution in [0.1, 0.15) is 19.7 Å². The molecule has 5 heteroatoms. The molecule has 0 N–H and O–H groups in total. The molecule has 0 saturated heterocycles. The van der Waals surface area contributed by atoms with Gasteiger partial charge in [-0.1, -0.05) is 13.8 Å². The summed E-state index contributed by atoms with van der Waals surface area (Å²) in [5, 5.41) is 0. The molecule has 0 fully saturated rings. The van der Waals surface area contributed by atoms with Gasteiger partial charge in [-0.05, 0) is 34.6 Å². The Bertz CT molecular complexity index is 551. The van der Waals surface area contributed by atoms with Crippen LogP contribution in [0.4, 0.5) is 4.39 Å². The minimum absolute atomic E-state index is 0.205. The van der Waals surface area contributed by atoms with Gasteiger partial charge in [-0.2, -0.15) is 0 Å². The molecule has 0 saturated carbocycles. The molecule has 17 heavy (non-hydrogen) atoms. The zero-order chi connectivity index (χ0) is 12.6. The fraction of sp³-hybridized carbons (Fsp3) is 0.417. The number of halogens is 3. The zero-order valence-corrected chi connectivity index (χ0v) is 12.6. The smallest absolute Gasteiger partial charge is 0.138 e. The van der Waals surface area contributed by atoms with Crippen molar-refractivity contribution in [2.24, 2.45) is 5.92 Å². The van der Waals surface area contributed by atoms with Crippen LogP contribution in [0, 0.1) is 15.3 Å². The van der Waals surface area contributed by atoms with E-state index in [0.29, 0.717) is 15.4 Å². The van der Waals surface area contributed by atoms with Crippen molar-refractivity contribution >= 4 is 45.2 Å². The summed E-state index contributed by atoms with van der Waals surface area (Å²) in [5.41, 5.74) is 1.64. The van der Waals surface area contributed by atoms with Crippen LogP contribution in [0.15, 0.2) is 12.1 Å². The quantitative estimate of drug-likeness (QED) is 0.589. The van der Waals surface area contributed by atoms with Crippen molar-refractivity contribution in [1.82, 2.24) is 9.55 Å². The number of fused-ring (bicyclic) bond motifs is 1. The number of hydrogen-bond donors (Lipinski definition) is 0. The first kappa shape index (κ1) is 13.1. The van der Waals surface area contributed by atoms with Gasteiger partial charge in [-0.15, -0.1) is 11.6 Å². The lowest BCUT2D eigenvalue weighted by atomic mass is 10.2. The molecule has 2 rings (SSSR count). The normalized spacial score (nSPS) is 11.6. The van der Waals surface area contributed by atoms with Crippen LogP contribution in [-0.4, -0.2) is 9.55 Å². The molecule has 0 aliphatic heterocycles. The highest BCUT2D eigenvalue weighted by Crippen LogP contribution is 2.23.